The number of nitrogens with one attached hydrogen (secondary N) is 6. The number of carbonyl (C=O) groups excluding carboxylic acids is 6. The summed E-state index contributed by atoms with van der Waals surface area (Å²) in [5.41, 5.74) is 4.05. The van der Waals surface area contributed by atoms with Crippen molar-refractivity contribution in [1.82, 2.24) is 31.9 Å². The van der Waals surface area contributed by atoms with Crippen molar-refractivity contribution >= 4 is 94.1 Å². The van der Waals surface area contributed by atoms with Gasteiger partial charge in [0.2, 0.25) is 11.8 Å². The van der Waals surface area contributed by atoms with Gasteiger partial charge in [-0.25, -0.2) is 9.59 Å². The molecule has 96 heavy (non-hydrogen) atoms. The third kappa shape index (κ3) is 20.9. The predicted molar refractivity (Wildman–Crippen MR) is 356 cm³/mol. The normalized spacial score (nSPS) is 22.1. The molecule has 7 rings (SSSR count). The Morgan fingerprint density at radius 3 is 1.15 bits per heavy atom. The molecule has 2 fully saturated rings. The fourth-order valence-electron chi connectivity index (χ4n) is 10.6. The summed E-state index contributed by atoms with van der Waals surface area (Å²) in [5, 5.41) is 104. The average molecular weight is 1410 g/mol. The van der Waals surface area contributed by atoms with E-state index >= 15 is 0 Å². The number of thioether (sulfide) groups is 2. The van der Waals surface area contributed by atoms with E-state index in [4.69, 9.17) is 42.1 Å². The summed E-state index contributed by atoms with van der Waals surface area (Å²) in [7, 11) is 0. The molecule has 0 aliphatic carbocycles. The number of hydrogen-bond acceptors (Lipinski definition) is 20. The highest BCUT2D eigenvalue weighted by Crippen LogP contribution is 2.36. The lowest BCUT2D eigenvalue weighted by atomic mass is 9.88. The molecule has 5 aromatic rings. The molecule has 2 saturated heterocycles. The highest BCUT2D eigenvalue weighted by molar-refractivity contribution is 7.99. The number of hydrogen-bond donors (Lipinski definition) is 14. The molecular weight excluding hydrogens is 1330 g/mol. The number of carboxylic acid groups (broad SMARTS) is 2. The summed E-state index contributed by atoms with van der Waals surface area (Å²) in [6.07, 6.45) is -14.9. The van der Waals surface area contributed by atoms with E-state index in [0.29, 0.717) is 44.2 Å². The van der Waals surface area contributed by atoms with Gasteiger partial charge in [0.05, 0.1) is 49.7 Å². The Morgan fingerprint density at radius 2 is 0.823 bits per heavy atom. The summed E-state index contributed by atoms with van der Waals surface area (Å²) in [6.45, 7) is 1.32. The minimum absolute atomic E-state index is 0.194. The average Bonchev–Trinajstić information content (AvgIpc) is 0.777. The van der Waals surface area contributed by atoms with Gasteiger partial charge in [-0.3, -0.25) is 28.8 Å². The fraction of sp³-hybridized carbons (Fsp3) is 0.424. The van der Waals surface area contributed by atoms with E-state index in [-0.39, 0.29) is 50.3 Å². The van der Waals surface area contributed by atoms with Crippen LogP contribution in [0, 0.1) is 0 Å². The largest absolute Gasteiger partial charge is 0.477 e. The molecular formula is C66H78Cl2N6O20S2. The van der Waals surface area contributed by atoms with E-state index in [9.17, 15) is 79.2 Å². The van der Waals surface area contributed by atoms with Crippen LogP contribution in [0.3, 0.4) is 0 Å². The molecule has 0 aromatic heterocycles. The molecule has 0 radical (unpaired) electrons. The summed E-state index contributed by atoms with van der Waals surface area (Å²) >= 11 is 15.4. The highest BCUT2D eigenvalue weighted by atomic mass is 35.5. The van der Waals surface area contributed by atoms with Crippen LogP contribution in [0.15, 0.2) is 121 Å². The molecule has 26 nitrogen and oxygen atoms in total. The van der Waals surface area contributed by atoms with Crippen molar-refractivity contribution < 1.29 is 98.2 Å². The van der Waals surface area contributed by atoms with Crippen molar-refractivity contribution in [2.45, 2.75) is 112 Å². The third-order valence-corrected chi connectivity index (χ3v) is 18.4. The SMILES string of the molecule is CC(=O)NC1[C@H]([C@H](O)[C@H](O)CNC(=O)c2ccc(-c3ccccc3Cl)cc2)O[C@@](OCCCSCCNC(=O)c2ccc(C(=O)NCCSCCCO[C@]3(C(=O)O)C[C@H](O)[C@@H](NC(C)=O)[C@H]([C@H](O)[C@H](O)CNC(=O)c4ccc(-c5ccccc5Cl)cc4)O3)cc2)(C(=O)O)C[C@@H]1O. The van der Waals surface area contributed by atoms with Crippen LogP contribution in [-0.2, 0) is 38.1 Å². The van der Waals surface area contributed by atoms with Crippen molar-refractivity contribution in [3.63, 3.8) is 0 Å². The molecule has 6 amide bonds. The smallest absolute Gasteiger partial charge is 0.364 e. The zero-order valence-electron chi connectivity index (χ0n) is 52.3. The first-order valence-corrected chi connectivity index (χ1v) is 33.7. The zero-order valence-corrected chi connectivity index (χ0v) is 55.4. The summed E-state index contributed by atoms with van der Waals surface area (Å²) in [6, 6.07) is 30.5. The second-order valence-electron chi connectivity index (χ2n) is 22.6. The second-order valence-corrected chi connectivity index (χ2v) is 25.9. The number of rotatable bonds is 34. The summed E-state index contributed by atoms with van der Waals surface area (Å²) < 4.78 is 23.2. The second kappa shape index (κ2) is 36.4. The van der Waals surface area contributed by atoms with Crippen LogP contribution in [0.1, 0.15) is 81.0 Å². The van der Waals surface area contributed by atoms with Crippen molar-refractivity contribution in [2.75, 3.05) is 62.4 Å². The maximum Gasteiger partial charge on any atom is 0.364 e. The Balaban J connectivity index is 0.776. The van der Waals surface area contributed by atoms with Gasteiger partial charge in [-0.2, -0.15) is 23.5 Å². The molecule has 0 bridgehead atoms. The zero-order chi connectivity index (χ0) is 69.7. The van der Waals surface area contributed by atoms with Gasteiger partial charge in [0.15, 0.2) is 0 Å². The number of aliphatic hydroxyl groups excluding tert-OH is 6. The molecule has 2 heterocycles. The van der Waals surface area contributed by atoms with E-state index in [0.717, 1.165) is 36.1 Å². The van der Waals surface area contributed by atoms with Crippen molar-refractivity contribution in [2.24, 2.45) is 0 Å². The molecule has 518 valence electrons. The Bertz CT molecular complexity index is 3250. The standard InChI is InChI=1S/C66H78Cl2N6O20S2/c1-37(75)73-53-49(77)33-65(63(87)88,93-57(53)55(81)51(79)35-71-61(85)43-17-13-39(14-18-43)45-9-3-5-11-47(45)67)91-27-7-29-95-31-25-69-59(83)41-21-23-42(24-22-41)60(84)70-26-32-96-30-8-28-92-66(64(89)90)34-50(78)54(74-38(2)76)58(94-66)56(82)52(80)36-72-62(86)44-19-15-40(16-20-44)46-10-4-6-12-48(46)68/h3-6,9-24,49-58,77-82H,7-8,25-36H2,1-2H3,(H,69,83)(H,70,84)(H,71,85)(H,72,86)(H,73,75)(H,74,76)(H,87,88)(H,89,90)/t49-,50-,51+,52+,53+,54?,55+,56+,57+,58+,65+,66+/m0/s1. The molecule has 14 N–H and O–H groups in total. The molecule has 30 heteroatoms. The van der Waals surface area contributed by atoms with Crippen LogP contribution >= 0.6 is 46.7 Å². The molecule has 5 aromatic carbocycles. The Labute approximate surface area is 571 Å². The van der Waals surface area contributed by atoms with Gasteiger partial charge in [-0.15, -0.1) is 0 Å². The van der Waals surface area contributed by atoms with Gasteiger partial charge >= 0.3 is 11.9 Å². The lowest BCUT2D eigenvalue weighted by Gasteiger charge is -2.46. The fourth-order valence-corrected chi connectivity index (χ4v) is 12.7. The van der Waals surface area contributed by atoms with Crippen molar-refractivity contribution in [3.05, 3.63) is 154 Å². The molecule has 12 atom stereocenters. The van der Waals surface area contributed by atoms with Gasteiger partial charge in [-0.1, -0.05) is 83.9 Å². The van der Waals surface area contributed by atoms with Crippen LogP contribution in [0.4, 0.5) is 0 Å². The molecule has 0 spiro atoms. The van der Waals surface area contributed by atoms with Crippen molar-refractivity contribution in [3.8, 4) is 22.3 Å². The number of halogens is 2. The minimum Gasteiger partial charge on any atom is -0.477 e. The topological polar surface area (TPSA) is 408 Å². The predicted octanol–water partition coefficient (Wildman–Crippen LogP) is 3.24. The maximum absolute atomic E-state index is 13.0. The van der Waals surface area contributed by atoms with E-state index in [2.05, 4.69) is 31.9 Å². The number of ether oxygens (including phenoxy) is 4. The number of aliphatic hydroxyl groups is 6. The van der Waals surface area contributed by atoms with Gasteiger partial charge in [-0.05, 0) is 96.1 Å². The van der Waals surface area contributed by atoms with E-state index in [1.54, 1.807) is 72.8 Å². The lowest BCUT2D eigenvalue weighted by molar-refractivity contribution is -0.310. The van der Waals surface area contributed by atoms with Crippen LogP contribution in [0.5, 0.6) is 0 Å². The Morgan fingerprint density at radius 1 is 0.500 bits per heavy atom. The van der Waals surface area contributed by atoms with E-state index in [1.165, 1.54) is 47.8 Å². The number of carbonyl (C=O) groups is 8. The van der Waals surface area contributed by atoms with Crippen LogP contribution in [0.2, 0.25) is 10.0 Å². The quantitative estimate of drug-likeness (QED) is 0.0263. The maximum atomic E-state index is 13.0. The van der Waals surface area contributed by atoms with Crippen LogP contribution in [-0.4, -0.2) is 223 Å². The summed E-state index contributed by atoms with van der Waals surface area (Å²) in [5.74, 6) is -9.81. The minimum atomic E-state index is -2.50. The van der Waals surface area contributed by atoms with Gasteiger partial charge in [0.25, 0.3) is 35.2 Å². The first-order chi connectivity index (χ1) is 45.8. The van der Waals surface area contributed by atoms with Gasteiger partial charge in [0, 0.05) is 108 Å². The van der Waals surface area contributed by atoms with Crippen LogP contribution in [0.25, 0.3) is 22.3 Å². The first kappa shape index (κ1) is 76.1. The number of amides is 6. The first-order valence-electron chi connectivity index (χ1n) is 30.6. The lowest BCUT2D eigenvalue weighted by Crippen LogP contribution is -2.68. The Kier molecular flexibility index (Phi) is 28.8. The molecule has 1 unspecified atom stereocenters. The monoisotopic (exact) mass is 1410 g/mol. The Hall–Kier alpha value is -7.26. The third-order valence-electron chi connectivity index (χ3n) is 15.6. The molecule has 2 aliphatic rings. The highest BCUT2D eigenvalue weighted by Gasteiger charge is 2.57. The van der Waals surface area contributed by atoms with Crippen molar-refractivity contribution in [1.29, 1.82) is 0 Å². The number of carboxylic acids is 2. The molecule has 2 aliphatic heterocycles. The van der Waals surface area contributed by atoms with Crippen LogP contribution < -0.4 is 31.9 Å². The summed E-state index contributed by atoms with van der Waals surface area (Å²) in [4.78, 5) is 102. The van der Waals surface area contributed by atoms with Gasteiger partial charge in [0.1, 0.15) is 24.4 Å². The van der Waals surface area contributed by atoms with E-state index < -0.39 is 146 Å². The van der Waals surface area contributed by atoms with E-state index in [1.807, 2.05) is 24.3 Å². The molecule has 0 saturated carbocycles. The van der Waals surface area contributed by atoms with Gasteiger partial charge < -0.3 is 91.7 Å². The number of benzene rings is 5. The number of aliphatic carboxylic acids is 2.